The van der Waals surface area contributed by atoms with Gasteiger partial charge >= 0.3 is 0 Å². The molecule has 3 rings (SSSR count). The summed E-state index contributed by atoms with van der Waals surface area (Å²) in [5.41, 5.74) is 1.86. The fourth-order valence-electron chi connectivity index (χ4n) is 2.95. The summed E-state index contributed by atoms with van der Waals surface area (Å²) in [5.74, 6) is 0.381. The molecule has 134 valence electrons. The van der Waals surface area contributed by atoms with Crippen molar-refractivity contribution in [3.63, 3.8) is 0 Å². The number of nitrogens with one attached hydrogen (secondary N) is 2. The molecule has 8 heteroatoms. The number of sulfone groups is 1. The Morgan fingerprint density at radius 2 is 2.00 bits per heavy atom. The molecule has 1 fully saturated rings. The van der Waals surface area contributed by atoms with Gasteiger partial charge in [0, 0.05) is 42.7 Å². The molecule has 0 bridgehead atoms. The Labute approximate surface area is 146 Å². The van der Waals surface area contributed by atoms with Gasteiger partial charge in [0.25, 0.3) is 5.91 Å². The fraction of sp³-hybridized carbons (Fsp3) is 0.412. The lowest BCUT2D eigenvalue weighted by Gasteiger charge is -2.20. The lowest BCUT2D eigenvalue weighted by molar-refractivity contribution is 0.0845. The van der Waals surface area contributed by atoms with Gasteiger partial charge < -0.3 is 10.1 Å². The van der Waals surface area contributed by atoms with E-state index in [2.05, 4.69) is 15.5 Å². The summed E-state index contributed by atoms with van der Waals surface area (Å²) >= 11 is 0. The topological polar surface area (TPSA) is 101 Å². The first-order chi connectivity index (χ1) is 11.8. The van der Waals surface area contributed by atoms with Gasteiger partial charge in [-0.2, -0.15) is 5.10 Å². The Hall–Kier alpha value is -2.19. The fourth-order valence-corrected chi connectivity index (χ4v) is 3.94. The number of hydrogen-bond acceptors (Lipinski definition) is 5. The van der Waals surface area contributed by atoms with Crippen LogP contribution in [0.25, 0.3) is 0 Å². The number of aryl methyl sites for hydroxylation is 1. The smallest absolute Gasteiger partial charge is 0.256 e. The zero-order valence-corrected chi connectivity index (χ0v) is 15.0. The van der Waals surface area contributed by atoms with Crippen LogP contribution in [0.4, 0.5) is 5.82 Å². The molecule has 1 aliphatic rings. The van der Waals surface area contributed by atoms with Crippen LogP contribution < -0.4 is 5.32 Å². The number of aromatic nitrogens is 2. The lowest BCUT2D eigenvalue weighted by atomic mass is 9.97. The maximum absolute atomic E-state index is 12.4. The van der Waals surface area contributed by atoms with Crippen molar-refractivity contribution >= 4 is 21.6 Å². The predicted molar refractivity (Wildman–Crippen MR) is 93.6 cm³/mol. The minimum Gasteiger partial charge on any atom is -0.381 e. The van der Waals surface area contributed by atoms with Gasteiger partial charge in [-0.15, -0.1) is 0 Å². The van der Waals surface area contributed by atoms with Gasteiger partial charge in [-0.1, -0.05) is 6.07 Å². The summed E-state index contributed by atoms with van der Waals surface area (Å²) in [5, 5.41) is 9.80. The standard InChI is InChI=1S/C17H21N3O4S/c1-11-3-4-13(9-15(11)25(2,22)23)17(21)18-16-10-14(19-20-16)12-5-7-24-8-6-12/h3-4,9-10,12H,5-8H2,1-2H3,(H2,18,19,20,21). The van der Waals surface area contributed by atoms with E-state index in [-0.39, 0.29) is 10.5 Å². The Kier molecular flexibility index (Phi) is 4.91. The average Bonchev–Trinajstić information content (AvgIpc) is 3.03. The van der Waals surface area contributed by atoms with E-state index in [0.29, 0.717) is 17.3 Å². The van der Waals surface area contributed by atoms with E-state index in [1.54, 1.807) is 19.1 Å². The van der Waals surface area contributed by atoms with E-state index >= 15 is 0 Å². The van der Waals surface area contributed by atoms with Crippen molar-refractivity contribution in [1.29, 1.82) is 0 Å². The van der Waals surface area contributed by atoms with Crippen LogP contribution in [0.2, 0.25) is 0 Å². The van der Waals surface area contributed by atoms with Crippen molar-refractivity contribution in [2.75, 3.05) is 24.8 Å². The molecule has 0 atom stereocenters. The van der Waals surface area contributed by atoms with E-state index in [4.69, 9.17) is 4.74 Å². The Bertz CT molecular complexity index is 883. The minimum atomic E-state index is -3.39. The highest BCUT2D eigenvalue weighted by atomic mass is 32.2. The van der Waals surface area contributed by atoms with E-state index < -0.39 is 15.7 Å². The molecule has 1 saturated heterocycles. The van der Waals surface area contributed by atoms with Gasteiger partial charge in [0.2, 0.25) is 0 Å². The molecule has 25 heavy (non-hydrogen) atoms. The van der Waals surface area contributed by atoms with Gasteiger partial charge in [-0.05, 0) is 37.5 Å². The van der Waals surface area contributed by atoms with Crippen molar-refractivity contribution in [2.24, 2.45) is 0 Å². The first-order valence-electron chi connectivity index (χ1n) is 8.09. The highest BCUT2D eigenvalue weighted by Gasteiger charge is 2.19. The molecular formula is C17H21N3O4S. The largest absolute Gasteiger partial charge is 0.381 e. The number of carbonyl (C=O) groups excluding carboxylic acids is 1. The lowest BCUT2D eigenvalue weighted by Crippen LogP contribution is -2.14. The van der Waals surface area contributed by atoms with Gasteiger partial charge in [0.1, 0.15) is 0 Å². The summed E-state index contributed by atoms with van der Waals surface area (Å²) in [6.07, 6.45) is 2.97. The summed E-state index contributed by atoms with van der Waals surface area (Å²) < 4.78 is 29.0. The molecule has 0 aliphatic carbocycles. The highest BCUT2D eigenvalue weighted by molar-refractivity contribution is 7.90. The number of aromatic amines is 1. The van der Waals surface area contributed by atoms with Crippen LogP contribution in [0.5, 0.6) is 0 Å². The number of nitrogens with zero attached hydrogens (tertiary/aromatic N) is 1. The second-order valence-electron chi connectivity index (χ2n) is 6.30. The number of amides is 1. The Balaban J connectivity index is 1.75. The number of anilines is 1. The zero-order chi connectivity index (χ0) is 18.0. The first-order valence-corrected chi connectivity index (χ1v) is 9.99. The monoisotopic (exact) mass is 363 g/mol. The number of rotatable bonds is 4. The number of hydrogen-bond donors (Lipinski definition) is 2. The molecule has 0 spiro atoms. The maximum Gasteiger partial charge on any atom is 0.256 e. The Morgan fingerprint density at radius 3 is 2.68 bits per heavy atom. The predicted octanol–water partition coefficient (Wildman–Crippen LogP) is 2.27. The van der Waals surface area contributed by atoms with Crippen molar-refractivity contribution in [3.05, 3.63) is 41.1 Å². The molecule has 0 saturated carbocycles. The molecule has 1 aromatic heterocycles. The minimum absolute atomic E-state index is 0.157. The number of ether oxygens (including phenoxy) is 1. The van der Waals surface area contributed by atoms with Crippen LogP contribution in [0.15, 0.2) is 29.2 Å². The van der Waals surface area contributed by atoms with E-state index in [9.17, 15) is 13.2 Å². The molecule has 0 radical (unpaired) electrons. The highest BCUT2D eigenvalue weighted by Crippen LogP contribution is 2.26. The van der Waals surface area contributed by atoms with Gasteiger partial charge in [0.15, 0.2) is 15.7 Å². The van der Waals surface area contributed by atoms with E-state index in [1.807, 2.05) is 6.07 Å². The zero-order valence-electron chi connectivity index (χ0n) is 14.2. The van der Waals surface area contributed by atoms with Crippen LogP contribution in [-0.2, 0) is 14.6 Å². The molecule has 1 aliphatic heterocycles. The molecule has 7 nitrogen and oxygen atoms in total. The number of H-pyrrole nitrogens is 1. The molecule has 2 N–H and O–H groups in total. The van der Waals surface area contributed by atoms with Gasteiger partial charge in [-0.25, -0.2) is 8.42 Å². The molecule has 2 aromatic rings. The van der Waals surface area contributed by atoms with E-state index in [1.165, 1.54) is 6.07 Å². The normalized spacial score (nSPS) is 15.9. The molecular weight excluding hydrogens is 342 g/mol. The van der Waals surface area contributed by atoms with Crippen LogP contribution in [-0.4, -0.2) is 44.0 Å². The second kappa shape index (κ2) is 6.97. The molecule has 0 unspecified atom stereocenters. The maximum atomic E-state index is 12.4. The van der Waals surface area contributed by atoms with E-state index in [0.717, 1.165) is 38.0 Å². The summed E-state index contributed by atoms with van der Waals surface area (Å²) in [4.78, 5) is 12.6. The van der Waals surface area contributed by atoms with Crippen molar-refractivity contribution in [3.8, 4) is 0 Å². The van der Waals surface area contributed by atoms with Crippen LogP contribution in [0, 0.1) is 6.92 Å². The average molecular weight is 363 g/mol. The van der Waals surface area contributed by atoms with Crippen molar-refractivity contribution in [1.82, 2.24) is 10.2 Å². The van der Waals surface area contributed by atoms with Crippen molar-refractivity contribution in [2.45, 2.75) is 30.6 Å². The summed E-state index contributed by atoms with van der Waals surface area (Å²) in [6.45, 7) is 3.15. The van der Waals surface area contributed by atoms with Gasteiger partial charge in [0.05, 0.1) is 4.90 Å². The summed E-state index contributed by atoms with van der Waals surface area (Å²) in [6, 6.07) is 6.44. The third kappa shape index (κ3) is 4.08. The first kappa shape index (κ1) is 17.6. The Morgan fingerprint density at radius 1 is 1.28 bits per heavy atom. The third-order valence-electron chi connectivity index (χ3n) is 4.35. The van der Waals surface area contributed by atoms with Crippen molar-refractivity contribution < 1.29 is 17.9 Å². The third-order valence-corrected chi connectivity index (χ3v) is 5.59. The van der Waals surface area contributed by atoms with Crippen LogP contribution in [0.1, 0.15) is 40.4 Å². The van der Waals surface area contributed by atoms with Crippen LogP contribution in [0.3, 0.4) is 0 Å². The number of carbonyl (C=O) groups is 1. The molecule has 1 aromatic carbocycles. The number of benzene rings is 1. The van der Waals surface area contributed by atoms with Crippen LogP contribution >= 0.6 is 0 Å². The molecule has 2 heterocycles. The van der Waals surface area contributed by atoms with Gasteiger partial charge in [-0.3, -0.25) is 9.89 Å². The second-order valence-corrected chi connectivity index (χ2v) is 8.29. The SMILES string of the molecule is Cc1ccc(C(=O)Nc2cc(C3CCOCC3)[nH]n2)cc1S(C)(=O)=O. The summed E-state index contributed by atoms with van der Waals surface area (Å²) in [7, 11) is -3.39. The quantitative estimate of drug-likeness (QED) is 0.868. The molecule has 1 amide bonds.